The van der Waals surface area contributed by atoms with Gasteiger partial charge in [0.05, 0.1) is 21.4 Å². The summed E-state index contributed by atoms with van der Waals surface area (Å²) in [5, 5.41) is 4.59. The molecule has 2 bridgehead atoms. The topological polar surface area (TPSA) is 32.3 Å². The molecule has 6 heteroatoms. The van der Waals surface area contributed by atoms with Crippen molar-refractivity contribution in [1.29, 1.82) is 0 Å². The van der Waals surface area contributed by atoms with Crippen LogP contribution in [-0.4, -0.2) is 6.03 Å². The van der Waals surface area contributed by atoms with Crippen LogP contribution in [-0.2, 0) is 13.0 Å². The molecule has 1 aliphatic heterocycles. The van der Waals surface area contributed by atoms with E-state index in [1.54, 1.807) is 23.1 Å². The summed E-state index contributed by atoms with van der Waals surface area (Å²) in [5.41, 5.74) is 5.98. The Morgan fingerprint density at radius 3 is 2.29 bits per heavy atom. The lowest BCUT2D eigenvalue weighted by Gasteiger charge is -2.34. The van der Waals surface area contributed by atoms with Crippen molar-refractivity contribution >= 4 is 52.2 Å². The minimum Gasteiger partial charge on any atom is -0.333 e. The van der Waals surface area contributed by atoms with E-state index in [4.69, 9.17) is 34.8 Å². The number of nitrogens with one attached hydrogen (secondary N) is 1. The van der Waals surface area contributed by atoms with Crippen LogP contribution in [0.25, 0.3) is 11.1 Å². The number of amides is 2. The summed E-state index contributed by atoms with van der Waals surface area (Å²) in [7, 11) is 0. The average molecular weight is 512 g/mol. The van der Waals surface area contributed by atoms with Crippen molar-refractivity contribution < 1.29 is 4.79 Å². The van der Waals surface area contributed by atoms with Gasteiger partial charge < -0.3 is 5.32 Å². The zero-order valence-electron chi connectivity index (χ0n) is 18.7. The predicted octanol–water partition coefficient (Wildman–Crippen LogP) is 8.80. The third-order valence-corrected chi connectivity index (χ3v) is 8.88. The molecule has 6 rings (SSSR count). The number of carbonyl (C=O) groups is 1. The van der Waals surface area contributed by atoms with E-state index in [9.17, 15) is 4.79 Å². The molecular weight excluding hydrogens is 487 g/mol. The number of halogens is 3. The van der Waals surface area contributed by atoms with Gasteiger partial charge >= 0.3 is 6.03 Å². The Hall–Kier alpha value is -2.20. The van der Waals surface area contributed by atoms with Crippen LogP contribution in [0.15, 0.2) is 54.6 Å². The van der Waals surface area contributed by atoms with Crippen molar-refractivity contribution in [3.05, 3.63) is 80.8 Å². The molecule has 3 aliphatic rings. The number of nitrogens with zero attached hydrogens (tertiary/aromatic N) is 1. The Labute approximate surface area is 215 Å². The van der Waals surface area contributed by atoms with Gasteiger partial charge in [-0.15, -0.1) is 0 Å². The fraction of sp³-hybridized carbons (Fsp3) is 0.321. The first-order chi connectivity index (χ1) is 16.4. The highest BCUT2D eigenvalue weighted by Crippen LogP contribution is 2.56. The number of benzene rings is 3. The molecule has 2 saturated carbocycles. The molecule has 0 saturated heterocycles. The van der Waals surface area contributed by atoms with Gasteiger partial charge in [-0.3, -0.25) is 4.90 Å². The second-order valence-corrected chi connectivity index (χ2v) is 11.2. The van der Waals surface area contributed by atoms with Gasteiger partial charge in [-0.1, -0.05) is 65.1 Å². The largest absolute Gasteiger partial charge is 0.333 e. The number of fused-ring (bicyclic) bond motifs is 3. The lowest BCUT2D eigenvalue weighted by Crippen LogP contribution is -2.41. The Kier molecular flexibility index (Phi) is 5.55. The van der Waals surface area contributed by atoms with Gasteiger partial charge in [0, 0.05) is 22.7 Å². The number of rotatable bonds is 4. The van der Waals surface area contributed by atoms with Crippen molar-refractivity contribution in [2.24, 2.45) is 11.3 Å². The van der Waals surface area contributed by atoms with Gasteiger partial charge in [0.2, 0.25) is 0 Å². The molecule has 1 N–H and O–H groups in total. The van der Waals surface area contributed by atoms with Crippen molar-refractivity contribution in [3.63, 3.8) is 0 Å². The first-order valence-corrected chi connectivity index (χ1v) is 13.0. The van der Waals surface area contributed by atoms with Crippen LogP contribution in [0, 0.1) is 11.3 Å². The highest BCUT2D eigenvalue weighted by Gasteiger charge is 2.44. The molecule has 2 aliphatic carbocycles. The molecule has 0 spiro atoms. The van der Waals surface area contributed by atoms with Crippen molar-refractivity contribution in [3.8, 4) is 11.1 Å². The monoisotopic (exact) mass is 510 g/mol. The van der Waals surface area contributed by atoms with E-state index in [0.717, 1.165) is 34.7 Å². The first kappa shape index (κ1) is 22.3. The lowest BCUT2D eigenvalue weighted by molar-refractivity contribution is 0.247. The number of anilines is 2. The summed E-state index contributed by atoms with van der Waals surface area (Å²) in [6, 6.07) is 17.4. The average Bonchev–Trinajstić information content (AvgIpc) is 3.41. The molecule has 0 atom stereocenters. The summed E-state index contributed by atoms with van der Waals surface area (Å²) in [6.07, 6.45) is 7.58. The van der Waals surface area contributed by atoms with Crippen molar-refractivity contribution in [2.75, 3.05) is 4.90 Å². The fourth-order valence-corrected chi connectivity index (χ4v) is 7.20. The number of para-hydroxylation sites is 1. The quantitative estimate of drug-likeness (QED) is 0.373. The summed E-state index contributed by atoms with van der Waals surface area (Å²) in [6.45, 7) is 0.417. The Morgan fingerprint density at radius 1 is 0.912 bits per heavy atom. The van der Waals surface area contributed by atoms with E-state index < -0.39 is 0 Å². The van der Waals surface area contributed by atoms with E-state index >= 15 is 0 Å². The SMILES string of the molecule is O=C1NCc2c(-c3ccccc3Cl)cc(CC34CCC(CC3)C4)cc2N1c1c(Cl)cccc1Cl. The van der Waals surface area contributed by atoms with Crippen LogP contribution in [0.3, 0.4) is 0 Å². The standard InChI is InChI=1S/C28H25Cl3N2O/c29-22-5-2-1-4-19(22)20-12-18(15-28-10-8-17(14-28)9-11-28)13-25-21(20)16-32-27(34)33(25)26-23(30)6-3-7-24(26)31/h1-7,12-13,17H,8-11,14-16H2,(H,32,34). The smallest absolute Gasteiger partial charge is 0.326 e. The van der Waals surface area contributed by atoms with Crippen LogP contribution in [0.4, 0.5) is 16.2 Å². The maximum Gasteiger partial charge on any atom is 0.326 e. The number of urea groups is 1. The zero-order valence-corrected chi connectivity index (χ0v) is 21.0. The van der Waals surface area contributed by atoms with E-state index in [1.165, 1.54) is 37.7 Å². The van der Waals surface area contributed by atoms with Gasteiger partial charge in [0.15, 0.2) is 0 Å². The Balaban J connectivity index is 1.56. The molecule has 3 nitrogen and oxygen atoms in total. The van der Waals surface area contributed by atoms with Crippen LogP contribution in [0.2, 0.25) is 15.1 Å². The number of hydrogen-bond acceptors (Lipinski definition) is 1. The van der Waals surface area contributed by atoms with Crippen LogP contribution >= 0.6 is 34.8 Å². The summed E-state index contributed by atoms with van der Waals surface area (Å²) >= 11 is 19.8. The lowest BCUT2D eigenvalue weighted by atomic mass is 9.78. The summed E-state index contributed by atoms with van der Waals surface area (Å²) in [4.78, 5) is 14.9. The van der Waals surface area contributed by atoms with E-state index in [1.807, 2.05) is 24.3 Å². The molecule has 34 heavy (non-hydrogen) atoms. The fourth-order valence-electron chi connectivity index (χ4n) is 6.39. The molecule has 2 amide bonds. The number of carbonyl (C=O) groups excluding carboxylic acids is 1. The molecule has 0 unspecified atom stereocenters. The Morgan fingerprint density at radius 2 is 1.62 bits per heavy atom. The number of hydrogen-bond donors (Lipinski definition) is 1. The highest BCUT2D eigenvalue weighted by atomic mass is 35.5. The van der Waals surface area contributed by atoms with Gasteiger partial charge in [-0.05, 0) is 85.3 Å². The minimum atomic E-state index is -0.232. The minimum absolute atomic E-state index is 0.232. The Bertz CT molecular complexity index is 1280. The van der Waals surface area contributed by atoms with E-state index in [2.05, 4.69) is 17.4 Å². The third-order valence-electron chi connectivity index (χ3n) is 7.94. The molecule has 3 aromatic carbocycles. The van der Waals surface area contributed by atoms with Crippen LogP contribution < -0.4 is 10.2 Å². The van der Waals surface area contributed by atoms with Gasteiger partial charge in [0.25, 0.3) is 0 Å². The van der Waals surface area contributed by atoms with Gasteiger partial charge in [-0.2, -0.15) is 0 Å². The van der Waals surface area contributed by atoms with Crippen LogP contribution in [0.5, 0.6) is 0 Å². The second kappa shape index (κ2) is 8.48. The molecule has 0 radical (unpaired) electrons. The van der Waals surface area contributed by atoms with Crippen molar-refractivity contribution in [2.45, 2.75) is 45.1 Å². The maximum atomic E-state index is 13.2. The van der Waals surface area contributed by atoms with E-state index in [-0.39, 0.29) is 6.03 Å². The van der Waals surface area contributed by atoms with Crippen LogP contribution in [0.1, 0.15) is 43.2 Å². The molecule has 2 fully saturated rings. The molecular formula is C28H25Cl3N2O. The molecule has 174 valence electrons. The third kappa shape index (κ3) is 3.69. The highest BCUT2D eigenvalue weighted by molar-refractivity contribution is 6.40. The maximum absolute atomic E-state index is 13.2. The predicted molar refractivity (Wildman–Crippen MR) is 140 cm³/mol. The normalized spacial score (nSPS) is 23.2. The van der Waals surface area contributed by atoms with Crippen molar-refractivity contribution in [1.82, 2.24) is 5.32 Å². The zero-order chi connectivity index (χ0) is 23.4. The van der Waals surface area contributed by atoms with Gasteiger partial charge in [0.1, 0.15) is 0 Å². The summed E-state index contributed by atoms with van der Waals surface area (Å²) < 4.78 is 0. The van der Waals surface area contributed by atoms with E-state index in [0.29, 0.717) is 32.7 Å². The summed E-state index contributed by atoms with van der Waals surface area (Å²) in [5.74, 6) is 0.880. The molecule has 0 aromatic heterocycles. The second-order valence-electron chi connectivity index (χ2n) is 10.0. The first-order valence-electron chi connectivity index (χ1n) is 11.9. The molecule has 1 heterocycles. The molecule has 3 aromatic rings. The van der Waals surface area contributed by atoms with Gasteiger partial charge in [-0.25, -0.2) is 4.79 Å².